The van der Waals surface area contributed by atoms with Gasteiger partial charge in [-0.05, 0) is 24.6 Å². The van der Waals surface area contributed by atoms with E-state index in [0.717, 1.165) is 16.8 Å². The molecule has 0 atom stereocenters. The number of nitrogens with two attached hydrogens (primary N) is 1. The zero-order chi connectivity index (χ0) is 15.9. The summed E-state index contributed by atoms with van der Waals surface area (Å²) >= 11 is 0. The molecule has 6 heteroatoms. The molecule has 0 spiro atoms. The lowest BCUT2D eigenvalue weighted by Gasteiger charge is -2.28. The van der Waals surface area contributed by atoms with E-state index in [9.17, 15) is 9.59 Å². The lowest BCUT2D eigenvalue weighted by atomic mass is 10.0. The van der Waals surface area contributed by atoms with Crippen molar-refractivity contribution in [1.29, 1.82) is 0 Å². The molecular formula is C16H18N4O2. The quantitative estimate of drug-likeness (QED) is 0.792. The first-order chi connectivity index (χ1) is 10.5. The molecule has 0 bridgehead atoms. The van der Waals surface area contributed by atoms with Gasteiger partial charge in [0.15, 0.2) is 0 Å². The molecule has 1 amide bonds. The third kappa shape index (κ3) is 2.47. The summed E-state index contributed by atoms with van der Waals surface area (Å²) < 4.78 is 1.33. The van der Waals surface area contributed by atoms with Gasteiger partial charge >= 0.3 is 0 Å². The second kappa shape index (κ2) is 5.29. The number of fused-ring (bicyclic) bond motifs is 1. The van der Waals surface area contributed by atoms with Crippen LogP contribution >= 0.6 is 0 Å². The fourth-order valence-corrected chi connectivity index (χ4v) is 2.71. The molecule has 3 rings (SSSR count). The highest BCUT2D eigenvalue weighted by Gasteiger charge is 2.24. The predicted molar refractivity (Wildman–Crippen MR) is 83.5 cm³/mol. The van der Waals surface area contributed by atoms with Crippen LogP contribution in [0.15, 0.2) is 29.1 Å². The average Bonchev–Trinajstić information content (AvgIpc) is 2.50. The molecule has 1 aliphatic heterocycles. The third-order valence-electron chi connectivity index (χ3n) is 4.02. The Morgan fingerprint density at radius 1 is 1.32 bits per heavy atom. The first-order valence-electron chi connectivity index (χ1n) is 7.17. The van der Waals surface area contributed by atoms with Gasteiger partial charge in [-0.1, -0.05) is 6.07 Å². The fraction of sp³-hybridized carbons (Fsp3) is 0.312. The number of aryl methyl sites for hydroxylation is 2. The number of amides is 1. The molecule has 1 aliphatic rings. The molecule has 0 radical (unpaired) electrons. The first-order valence-corrected chi connectivity index (χ1v) is 7.17. The van der Waals surface area contributed by atoms with Gasteiger partial charge in [0.1, 0.15) is 0 Å². The number of rotatable bonds is 1. The van der Waals surface area contributed by atoms with E-state index in [1.807, 2.05) is 13.0 Å². The molecule has 2 heterocycles. The molecule has 0 fully saturated rings. The summed E-state index contributed by atoms with van der Waals surface area (Å²) in [5.74, 6) is -0.0591. The summed E-state index contributed by atoms with van der Waals surface area (Å²) in [7, 11) is 1.64. The number of nitrogens with zero attached hydrogens (tertiary/aromatic N) is 3. The van der Waals surface area contributed by atoms with Gasteiger partial charge in [-0.3, -0.25) is 9.59 Å². The van der Waals surface area contributed by atoms with Gasteiger partial charge in [0.2, 0.25) is 0 Å². The molecule has 0 aliphatic carbocycles. The largest absolute Gasteiger partial charge is 0.399 e. The number of hydrogen-bond acceptors (Lipinski definition) is 4. The van der Waals surface area contributed by atoms with Crippen molar-refractivity contribution in [3.8, 4) is 0 Å². The predicted octanol–water partition coefficient (Wildman–Crippen LogP) is 0.869. The highest BCUT2D eigenvalue weighted by molar-refractivity contribution is 5.96. The minimum absolute atomic E-state index is 0.0591. The van der Waals surface area contributed by atoms with E-state index in [1.54, 1.807) is 30.1 Å². The van der Waals surface area contributed by atoms with Crippen molar-refractivity contribution < 1.29 is 4.79 Å². The molecule has 0 saturated carbocycles. The normalized spacial score (nSPS) is 13.8. The van der Waals surface area contributed by atoms with E-state index >= 15 is 0 Å². The Balaban J connectivity index is 1.91. The van der Waals surface area contributed by atoms with Gasteiger partial charge in [-0.2, -0.15) is 5.10 Å². The average molecular weight is 298 g/mol. The van der Waals surface area contributed by atoms with Crippen molar-refractivity contribution in [3.05, 3.63) is 57.0 Å². The van der Waals surface area contributed by atoms with Crippen molar-refractivity contribution in [1.82, 2.24) is 14.7 Å². The van der Waals surface area contributed by atoms with Crippen LogP contribution in [0.2, 0.25) is 0 Å². The zero-order valence-electron chi connectivity index (χ0n) is 12.7. The number of carbonyl (C=O) groups excluding carboxylic acids is 1. The van der Waals surface area contributed by atoms with Crippen molar-refractivity contribution in [2.45, 2.75) is 19.9 Å². The van der Waals surface area contributed by atoms with Crippen molar-refractivity contribution in [3.63, 3.8) is 0 Å². The topological polar surface area (TPSA) is 81.2 Å². The summed E-state index contributed by atoms with van der Waals surface area (Å²) in [6.07, 6.45) is 0.649. The maximum Gasteiger partial charge on any atom is 0.266 e. The SMILES string of the molecule is Cc1ccc(N)cc1C(=O)N1CCc2nn(C)c(=O)cc2C1. The minimum Gasteiger partial charge on any atom is -0.399 e. The van der Waals surface area contributed by atoms with Gasteiger partial charge in [-0.25, -0.2) is 4.68 Å². The molecule has 1 aromatic carbocycles. The van der Waals surface area contributed by atoms with Crippen LogP contribution in [0.5, 0.6) is 0 Å². The third-order valence-corrected chi connectivity index (χ3v) is 4.02. The van der Waals surface area contributed by atoms with E-state index in [0.29, 0.717) is 30.8 Å². The van der Waals surface area contributed by atoms with Gasteiger partial charge in [-0.15, -0.1) is 0 Å². The van der Waals surface area contributed by atoms with Crippen LogP contribution in [0, 0.1) is 6.92 Å². The molecular weight excluding hydrogens is 280 g/mol. The maximum atomic E-state index is 12.7. The van der Waals surface area contributed by atoms with Crippen molar-refractivity contribution in [2.75, 3.05) is 12.3 Å². The van der Waals surface area contributed by atoms with Crippen molar-refractivity contribution >= 4 is 11.6 Å². The number of aromatic nitrogens is 2. The van der Waals surface area contributed by atoms with Crippen LogP contribution in [0.1, 0.15) is 27.2 Å². The molecule has 6 nitrogen and oxygen atoms in total. The smallest absolute Gasteiger partial charge is 0.266 e. The van der Waals surface area contributed by atoms with Crippen LogP contribution in [0.4, 0.5) is 5.69 Å². The number of carbonyl (C=O) groups is 1. The number of anilines is 1. The molecule has 2 aromatic rings. The standard InChI is InChI=1S/C16H18N4O2/c1-10-3-4-12(17)8-13(10)16(22)20-6-5-14-11(9-20)7-15(21)19(2)18-14/h3-4,7-8H,5-6,9,17H2,1-2H3. The molecule has 2 N–H and O–H groups in total. The van der Waals surface area contributed by atoms with Crippen LogP contribution in [-0.4, -0.2) is 27.1 Å². The Bertz CT molecular complexity index is 810. The highest BCUT2D eigenvalue weighted by atomic mass is 16.2. The Morgan fingerprint density at radius 3 is 2.86 bits per heavy atom. The van der Waals surface area contributed by atoms with Gasteiger partial charge in [0.25, 0.3) is 11.5 Å². The Kier molecular flexibility index (Phi) is 3.44. The monoisotopic (exact) mass is 298 g/mol. The fourth-order valence-electron chi connectivity index (χ4n) is 2.71. The lowest BCUT2D eigenvalue weighted by molar-refractivity contribution is 0.0732. The molecule has 1 aromatic heterocycles. The Labute approximate surface area is 128 Å². The van der Waals surface area contributed by atoms with Gasteiger partial charge < -0.3 is 10.6 Å². The highest BCUT2D eigenvalue weighted by Crippen LogP contribution is 2.20. The van der Waals surface area contributed by atoms with E-state index in [1.165, 1.54) is 4.68 Å². The minimum atomic E-state index is -0.159. The van der Waals surface area contributed by atoms with Crippen LogP contribution < -0.4 is 11.3 Å². The Hall–Kier alpha value is -2.63. The molecule has 0 saturated heterocycles. The summed E-state index contributed by atoms with van der Waals surface area (Å²) in [5, 5.41) is 4.26. The molecule has 0 unspecified atom stereocenters. The maximum absolute atomic E-state index is 12.7. The van der Waals surface area contributed by atoms with E-state index in [-0.39, 0.29) is 11.5 Å². The van der Waals surface area contributed by atoms with E-state index in [4.69, 9.17) is 5.73 Å². The number of nitrogen functional groups attached to an aromatic ring is 1. The number of benzene rings is 1. The second-order valence-electron chi connectivity index (χ2n) is 5.63. The van der Waals surface area contributed by atoms with E-state index < -0.39 is 0 Å². The van der Waals surface area contributed by atoms with Crippen LogP contribution in [0.25, 0.3) is 0 Å². The summed E-state index contributed by atoms with van der Waals surface area (Å²) in [5.41, 5.74) is 9.41. The summed E-state index contributed by atoms with van der Waals surface area (Å²) in [4.78, 5) is 26.2. The summed E-state index contributed by atoms with van der Waals surface area (Å²) in [6, 6.07) is 6.90. The molecule has 22 heavy (non-hydrogen) atoms. The second-order valence-corrected chi connectivity index (χ2v) is 5.63. The van der Waals surface area contributed by atoms with Crippen LogP contribution in [0.3, 0.4) is 0 Å². The first kappa shape index (κ1) is 14.3. The van der Waals surface area contributed by atoms with Gasteiger partial charge in [0.05, 0.1) is 5.69 Å². The molecule has 114 valence electrons. The zero-order valence-corrected chi connectivity index (χ0v) is 12.7. The summed E-state index contributed by atoms with van der Waals surface area (Å²) in [6.45, 7) is 2.89. The number of hydrogen-bond donors (Lipinski definition) is 1. The Morgan fingerprint density at radius 2 is 2.09 bits per heavy atom. The van der Waals surface area contributed by atoms with E-state index in [2.05, 4.69) is 5.10 Å². The van der Waals surface area contributed by atoms with Gasteiger partial charge in [0, 0.05) is 49.4 Å². The lowest BCUT2D eigenvalue weighted by Crippen LogP contribution is -2.38. The van der Waals surface area contributed by atoms with Crippen molar-refractivity contribution in [2.24, 2.45) is 7.05 Å². The van der Waals surface area contributed by atoms with Crippen LogP contribution in [-0.2, 0) is 20.0 Å².